The highest BCUT2D eigenvalue weighted by Crippen LogP contribution is 2.20. The highest BCUT2D eigenvalue weighted by molar-refractivity contribution is 5.33. The molecular formula is C25H35N3O3. The summed E-state index contributed by atoms with van der Waals surface area (Å²) < 4.78 is 11.4. The quantitative estimate of drug-likeness (QED) is 0.567. The summed E-state index contributed by atoms with van der Waals surface area (Å²) in [5, 5.41) is 14.1. The van der Waals surface area contributed by atoms with Gasteiger partial charge >= 0.3 is 0 Å². The van der Waals surface area contributed by atoms with E-state index in [1.807, 2.05) is 18.2 Å². The lowest BCUT2D eigenvalue weighted by atomic mass is 10.00. The van der Waals surface area contributed by atoms with Gasteiger partial charge in [-0.15, -0.1) is 0 Å². The topological polar surface area (TPSA) is 57.2 Å². The van der Waals surface area contributed by atoms with Crippen molar-refractivity contribution in [1.29, 1.82) is 0 Å². The van der Waals surface area contributed by atoms with Gasteiger partial charge in [-0.2, -0.15) is 0 Å². The van der Waals surface area contributed by atoms with Gasteiger partial charge < -0.3 is 19.9 Å². The molecule has 0 saturated carbocycles. The molecule has 0 aliphatic carbocycles. The van der Waals surface area contributed by atoms with Crippen LogP contribution < -0.4 is 10.1 Å². The Morgan fingerprint density at radius 2 is 1.74 bits per heavy atom. The number of ether oxygens (including phenoxy) is 2. The molecule has 2 aliphatic heterocycles. The lowest BCUT2D eigenvalue weighted by Crippen LogP contribution is -2.40. The van der Waals surface area contributed by atoms with E-state index >= 15 is 0 Å². The fourth-order valence-corrected chi connectivity index (χ4v) is 4.32. The average Bonchev–Trinajstić information content (AvgIpc) is 2.82. The van der Waals surface area contributed by atoms with Crippen LogP contribution in [0.15, 0.2) is 48.5 Å². The Balaban J connectivity index is 1.19. The van der Waals surface area contributed by atoms with Gasteiger partial charge in [-0.05, 0) is 23.6 Å². The van der Waals surface area contributed by atoms with Crippen LogP contribution >= 0.6 is 0 Å². The number of hydrogen-bond donors (Lipinski definition) is 2. The molecule has 1 fully saturated rings. The maximum atomic E-state index is 10.6. The van der Waals surface area contributed by atoms with Gasteiger partial charge in [-0.25, -0.2) is 0 Å². The SMILES string of the molecule is OC(COc1ccccc1CNCCN1CCOCC1)CN1CCc2ccccc2C1. The van der Waals surface area contributed by atoms with E-state index in [-0.39, 0.29) is 0 Å². The van der Waals surface area contributed by atoms with Gasteiger partial charge in [0.05, 0.1) is 13.2 Å². The number of para-hydroxylation sites is 1. The monoisotopic (exact) mass is 425 g/mol. The molecule has 31 heavy (non-hydrogen) atoms. The normalized spacial score (nSPS) is 18.5. The number of nitrogens with zero attached hydrogens (tertiary/aromatic N) is 2. The Kier molecular flexibility index (Phi) is 8.32. The number of benzene rings is 2. The van der Waals surface area contributed by atoms with Crippen molar-refractivity contribution < 1.29 is 14.6 Å². The van der Waals surface area contributed by atoms with Crippen molar-refractivity contribution in [2.75, 3.05) is 59.1 Å². The van der Waals surface area contributed by atoms with Gasteiger partial charge in [0, 0.05) is 57.9 Å². The summed E-state index contributed by atoms with van der Waals surface area (Å²) in [7, 11) is 0. The standard InChI is InChI=1S/C25H35N3O3/c29-24(19-28-11-9-21-5-1-2-7-23(21)18-28)20-31-25-8-4-3-6-22(25)17-26-10-12-27-13-15-30-16-14-27/h1-8,24,26,29H,9-20H2. The molecule has 0 amide bonds. The van der Waals surface area contributed by atoms with Gasteiger partial charge in [0.1, 0.15) is 18.5 Å². The molecule has 4 rings (SSSR count). The van der Waals surface area contributed by atoms with Crippen molar-refractivity contribution in [1.82, 2.24) is 15.1 Å². The summed E-state index contributed by atoms with van der Waals surface area (Å²) >= 11 is 0. The van der Waals surface area contributed by atoms with Crippen molar-refractivity contribution in [3.05, 3.63) is 65.2 Å². The molecule has 2 aliphatic rings. The number of aliphatic hydroxyl groups is 1. The van der Waals surface area contributed by atoms with E-state index in [4.69, 9.17) is 9.47 Å². The number of fused-ring (bicyclic) bond motifs is 1. The second-order valence-electron chi connectivity index (χ2n) is 8.46. The Morgan fingerprint density at radius 1 is 0.968 bits per heavy atom. The van der Waals surface area contributed by atoms with Crippen LogP contribution in [-0.4, -0.2) is 80.1 Å². The minimum Gasteiger partial charge on any atom is -0.491 e. The lowest BCUT2D eigenvalue weighted by molar-refractivity contribution is 0.0384. The maximum absolute atomic E-state index is 10.6. The molecule has 0 spiro atoms. The summed E-state index contributed by atoms with van der Waals surface area (Å²) in [6.07, 6.45) is 0.537. The number of hydrogen-bond acceptors (Lipinski definition) is 6. The number of nitrogens with one attached hydrogen (secondary N) is 1. The van der Waals surface area contributed by atoms with Crippen molar-refractivity contribution >= 4 is 0 Å². The van der Waals surface area contributed by atoms with Gasteiger partial charge in [0.2, 0.25) is 0 Å². The molecule has 6 nitrogen and oxygen atoms in total. The predicted octanol–water partition coefficient (Wildman–Crippen LogP) is 1.91. The highest BCUT2D eigenvalue weighted by Gasteiger charge is 2.19. The number of rotatable bonds is 10. The van der Waals surface area contributed by atoms with Crippen LogP contribution in [0.2, 0.25) is 0 Å². The lowest BCUT2D eigenvalue weighted by Gasteiger charge is -2.30. The molecule has 0 bridgehead atoms. The molecule has 2 N–H and O–H groups in total. The first kappa shape index (κ1) is 22.2. The molecule has 2 aromatic rings. The van der Waals surface area contributed by atoms with Gasteiger partial charge in [0.15, 0.2) is 0 Å². The van der Waals surface area contributed by atoms with E-state index in [9.17, 15) is 5.11 Å². The van der Waals surface area contributed by atoms with Crippen molar-refractivity contribution in [2.24, 2.45) is 0 Å². The van der Waals surface area contributed by atoms with Crippen LogP contribution in [-0.2, 0) is 24.2 Å². The first-order chi connectivity index (χ1) is 15.3. The third-order valence-corrected chi connectivity index (χ3v) is 6.11. The number of β-amino-alcohol motifs (C(OH)–C–C–N with tert-alkyl or cyclic N) is 1. The van der Waals surface area contributed by atoms with E-state index in [0.717, 1.165) is 76.8 Å². The van der Waals surface area contributed by atoms with Gasteiger partial charge in [-0.1, -0.05) is 42.5 Å². The van der Waals surface area contributed by atoms with E-state index in [1.54, 1.807) is 0 Å². The van der Waals surface area contributed by atoms with E-state index in [0.29, 0.717) is 13.2 Å². The van der Waals surface area contributed by atoms with E-state index < -0.39 is 6.10 Å². The highest BCUT2D eigenvalue weighted by atomic mass is 16.5. The van der Waals surface area contributed by atoms with Gasteiger partial charge in [-0.3, -0.25) is 9.80 Å². The number of aliphatic hydroxyl groups excluding tert-OH is 1. The maximum Gasteiger partial charge on any atom is 0.123 e. The third kappa shape index (κ3) is 6.76. The fourth-order valence-electron chi connectivity index (χ4n) is 4.32. The zero-order chi connectivity index (χ0) is 21.3. The van der Waals surface area contributed by atoms with Crippen molar-refractivity contribution in [3.63, 3.8) is 0 Å². The molecule has 168 valence electrons. The molecule has 1 saturated heterocycles. The van der Waals surface area contributed by atoms with Crippen molar-refractivity contribution in [2.45, 2.75) is 25.6 Å². The van der Waals surface area contributed by atoms with Crippen LogP contribution in [0.1, 0.15) is 16.7 Å². The summed E-state index contributed by atoms with van der Waals surface area (Å²) in [5.74, 6) is 0.851. The fraction of sp³-hybridized carbons (Fsp3) is 0.520. The van der Waals surface area contributed by atoms with Crippen LogP contribution in [0.5, 0.6) is 5.75 Å². The zero-order valence-electron chi connectivity index (χ0n) is 18.3. The van der Waals surface area contributed by atoms with Crippen LogP contribution in [0.4, 0.5) is 0 Å². The predicted molar refractivity (Wildman–Crippen MR) is 122 cm³/mol. The molecule has 0 aromatic heterocycles. The van der Waals surface area contributed by atoms with Crippen LogP contribution in [0.3, 0.4) is 0 Å². The molecule has 2 aromatic carbocycles. The summed E-state index contributed by atoms with van der Waals surface area (Å²) in [6, 6.07) is 16.7. The molecule has 1 atom stereocenters. The summed E-state index contributed by atoms with van der Waals surface area (Å²) in [4.78, 5) is 4.74. The smallest absolute Gasteiger partial charge is 0.123 e. The number of morpholine rings is 1. The zero-order valence-corrected chi connectivity index (χ0v) is 18.3. The van der Waals surface area contributed by atoms with Crippen LogP contribution in [0.25, 0.3) is 0 Å². The minimum absolute atomic E-state index is 0.308. The molecular weight excluding hydrogens is 390 g/mol. The molecule has 1 unspecified atom stereocenters. The van der Waals surface area contributed by atoms with Gasteiger partial charge in [0.25, 0.3) is 0 Å². The molecule has 2 heterocycles. The molecule has 6 heteroatoms. The van der Waals surface area contributed by atoms with E-state index in [2.05, 4.69) is 45.4 Å². The second kappa shape index (κ2) is 11.6. The van der Waals surface area contributed by atoms with E-state index in [1.165, 1.54) is 11.1 Å². The Hall–Kier alpha value is -1.96. The summed E-state index contributed by atoms with van der Waals surface area (Å²) in [5.41, 5.74) is 3.93. The Morgan fingerprint density at radius 3 is 2.61 bits per heavy atom. The first-order valence-electron chi connectivity index (χ1n) is 11.5. The second-order valence-corrected chi connectivity index (χ2v) is 8.46. The third-order valence-electron chi connectivity index (χ3n) is 6.11. The minimum atomic E-state index is -0.507. The largest absolute Gasteiger partial charge is 0.491 e. The first-order valence-corrected chi connectivity index (χ1v) is 11.5. The van der Waals surface area contributed by atoms with Crippen LogP contribution in [0, 0.1) is 0 Å². The molecule has 0 radical (unpaired) electrons. The summed E-state index contributed by atoms with van der Waals surface area (Å²) in [6.45, 7) is 9.26. The Bertz CT molecular complexity index is 810. The van der Waals surface area contributed by atoms with Crippen molar-refractivity contribution in [3.8, 4) is 5.75 Å². The Labute approximate surface area is 185 Å². The average molecular weight is 426 g/mol.